The summed E-state index contributed by atoms with van der Waals surface area (Å²) < 4.78 is 4.17. The maximum atomic E-state index is 5.26. The van der Waals surface area contributed by atoms with Gasteiger partial charge in [0.2, 0.25) is 0 Å². The molecular weight excluding hydrogens is 191 g/mol. The Hall–Kier alpha value is 0.359. The average molecular weight is 203 g/mol. The maximum absolute atomic E-state index is 5.26. The van der Waals surface area contributed by atoms with E-state index < -0.39 is 18.4 Å². The molecule has 7 heavy (non-hydrogen) atoms. The molecule has 0 saturated carbocycles. The van der Waals surface area contributed by atoms with Gasteiger partial charge in [-0.25, -0.2) is 0 Å². The van der Waals surface area contributed by atoms with E-state index in [0.717, 1.165) is 0 Å². The predicted molar refractivity (Wildman–Crippen MR) is 36.8 cm³/mol. The first-order chi connectivity index (χ1) is 3.12. The van der Waals surface area contributed by atoms with E-state index in [9.17, 15) is 0 Å². The van der Waals surface area contributed by atoms with Crippen molar-refractivity contribution >= 4 is 18.4 Å². The fourth-order valence-electron chi connectivity index (χ4n) is 0.102. The third-order valence-electron chi connectivity index (χ3n) is 1.27. The molecule has 0 aliphatic carbocycles. The molecule has 0 fully saturated rings. The Morgan fingerprint density at radius 1 is 1.57 bits per heavy atom. The molecule has 1 heteroatoms. The number of terminal acetylenes is 1. The Bertz CT molecular complexity index is 86.8. The molecule has 0 saturated heterocycles. The van der Waals surface area contributed by atoms with Crippen molar-refractivity contribution in [2.24, 2.45) is 0 Å². The van der Waals surface area contributed by atoms with Gasteiger partial charge in [0.05, 0.1) is 0 Å². The van der Waals surface area contributed by atoms with Crippen molar-refractivity contribution in [3.8, 4) is 10.4 Å². The molecule has 0 bridgehead atoms. The Kier molecular flexibility index (Phi) is 2.75. The summed E-state index contributed by atoms with van der Waals surface area (Å²) in [5, 5.41) is 0. The van der Waals surface area contributed by atoms with Crippen molar-refractivity contribution in [3.63, 3.8) is 0 Å². The zero-order valence-electron chi connectivity index (χ0n) is 5.28. The Balaban J connectivity index is 3.66. The van der Waals surface area contributed by atoms with Gasteiger partial charge in [0.25, 0.3) is 0 Å². The third-order valence-corrected chi connectivity index (χ3v) is 8.55. The van der Waals surface area contributed by atoms with Crippen LogP contribution in [-0.2, 0) is 0 Å². The van der Waals surface area contributed by atoms with Crippen LogP contribution in [0.25, 0.3) is 0 Å². The van der Waals surface area contributed by atoms with Crippen molar-refractivity contribution in [1.29, 1.82) is 0 Å². The molecule has 0 radical (unpaired) electrons. The monoisotopic (exact) mass is 204 g/mol. The second kappa shape index (κ2) is 2.61. The number of hydrogen-bond acceptors (Lipinski definition) is 0. The van der Waals surface area contributed by atoms with Gasteiger partial charge in [0.15, 0.2) is 0 Å². The molecule has 0 aromatic carbocycles. The van der Waals surface area contributed by atoms with Crippen LogP contribution in [0.15, 0.2) is 0 Å². The zero-order valence-corrected chi connectivity index (χ0v) is 8.14. The van der Waals surface area contributed by atoms with Gasteiger partial charge in [-0.05, 0) is 0 Å². The van der Waals surface area contributed by atoms with Crippen molar-refractivity contribution < 1.29 is 0 Å². The van der Waals surface area contributed by atoms with Crippen molar-refractivity contribution in [3.05, 3.63) is 0 Å². The number of hydrogen-bond donors (Lipinski definition) is 0. The topological polar surface area (TPSA) is 0 Å². The van der Waals surface area contributed by atoms with Crippen LogP contribution < -0.4 is 0 Å². The van der Waals surface area contributed by atoms with E-state index in [1.165, 1.54) is 4.44 Å². The van der Waals surface area contributed by atoms with Gasteiger partial charge in [0.1, 0.15) is 0 Å². The second-order valence-corrected chi connectivity index (χ2v) is 16.0. The van der Waals surface area contributed by atoms with Crippen molar-refractivity contribution in [2.75, 3.05) is 0 Å². The molecule has 40 valence electrons. The molecule has 0 aliphatic heterocycles. The SMILES string of the molecule is C#[C][Sn]([CH3])([CH3])[CH2]C. The molecule has 0 atom stereocenters. The summed E-state index contributed by atoms with van der Waals surface area (Å²) in [7, 11) is 0. The molecule has 0 aromatic rings. The van der Waals surface area contributed by atoms with E-state index in [4.69, 9.17) is 6.42 Å². The molecule has 0 spiro atoms. The molecule has 0 amide bonds. The van der Waals surface area contributed by atoms with E-state index in [2.05, 4.69) is 20.7 Å². The fraction of sp³-hybridized carbons (Fsp3) is 0.667. The van der Waals surface area contributed by atoms with Crippen LogP contribution in [0.5, 0.6) is 0 Å². The number of rotatable bonds is 1. The summed E-state index contributed by atoms with van der Waals surface area (Å²) in [6.45, 7) is 2.19. The molecule has 0 heterocycles. The van der Waals surface area contributed by atoms with Gasteiger partial charge in [0, 0.05) is 0 Å². The summed E-state index contributed by atoms with van der Waals surface area (Å²) in [5.74, 6) is 0. The van der Waals surface area contributed by atoms with Crippen LogP contribution in [-0.4, -0.2) is 18.4 Å². The minimum absolute atomic E-state index is 1.27. The molecule has 0 aliphatic rings. The molecule has 0 nitrogen and oxygen atoms in total. The summed E-state index contributed by atoms with van der Waals surface area (Å²) in [6.07, 6.45) is 5.26. The van der Waals surface area contributed by atoms with Gasteiger partial charge < -0.3 is 0 Å². The minimum atomic E-state index is -1.76. The molecule has 0 N–H and O–H groups in total. The van der Waals surface area contributed by atoms with Gasteiger partial charge >= 0.3 is 50.0 Å². The van der Waals surface area contributed by atoms with Gasteiger partial charge in [-0.15, -0.1) is 0 Å². The standard InChI is InChI=1S/C2H5.C2H.2CH3.Sn/c2*1-2;;;/h1H2,2H3;1H;2*1H3;. The van der Waals surface area contributed by atoms with Crippen molar-refractivity contribution in [2.45, 2.75) is 21.2 Å². The molecule has 0 unspecified atom stereocenters. The van der Waals surface area contributed by atoms with Gasteiger partial charge in [-0.3, -0.25) is 0 Å². The fourth-order valence-corrected chi connectivity index (χ4v) is 0.685. The van der Waals surface area contributed by atoms with Crippen LogP contribution in [0.4, 0.5) is 0 Å². The van der Waals surface area contributed by atoms with E-state index >= 15 is 0 Å². The van der Waals surface area contributed by atoms with Crippen LogP contribution >= 0.6 is 0 Å². The van der Waals surface area contributed by atoms with Gasteiger partial charge in [-0.2, -0.15) is 0 Å². The van der Waals surface area contributed by atoms with Crippen LogP contribution in [0.1, 0.15) is 6.92 Å². The van der Waals surface area contributed by atoms with E-state index in [1.807, 2.05) is 0 Å². The predicted octanol–water partition coefficient (Wildman–Crippen LogP) is 1.89. The van der Waals surface area contributed by atoms with E-state index in [1.54, 1.807) is 0 Å². The molecule has 0 rings (SSSR count). The Morgan fingerprint density at radius 2 is 2.00 bits per heavy atom. The van der Waals surface area contributed by atoms with Crippen molar-refractivity contribution in [1.82, 2.24) is 0 Å². The Morgan fingerprint density at radius 3 is 2.00 bits per heavy atom. The quantitative estimate of drug-likeness (QED) is 0.450. The first kappa shape index (κ1) is 7.36. The Labute approximate surface area is 50.2 Å². The van der Waals surface area contributed by atoms with Crippen LogP contribution in [0.3, 0.4) is 0 Å². The van der Waals surface area contributed by atoms with Crippen LogP contribution in [0.2, 0.25) is 14.3 Å². The molecular formula is C6H12Sn. The normalized spacial score (nSPS) is 10.6. The summed E-state index contributed by atoms with van der Waals surface area (Å²) >= 11 is -1.76. The van der Waals surface area contributed by atoms with E-state index in [-0.39, 0.29) is 0 Å². The van der Waals surface area contributed by atoms with Gasteiger partial charge in [-0.1, -0.05) is 0 Å². The van der Waals surface area contributed by atoms with E-state index in [0.29, 0.717) is 0 Å². The summed E-state index contributed by atoms with van der Waals surface area (Å²) in [4.78, 5) is 4.54. The zero-order chi connectivity index (χ0) is 5.91. The summed E-state index contributed by atoms with van der Waals surface area (Å²) in [6, 6.07) is 0. The third kappa shape index (κ3) is 2.99. The van der Waals surface area contributed by atoms with Crippen LogP contribution in [0, 0.1) is 10.4 Å². The first-order valence-electron chi connectivity index (χ1n) is 2.60. The average Bonchev–Trinajstić information content (AvgIpc) is 1.68. The second-order valence-electron chi connectivity index (χ2n) is 2.38. The summed E-state index contributed by atoms with van der Waals surface area (Å²) in [5.41, 5.74) is 0. The molecule has 0 aromatic heterocycles. The first-order valence-corrected chi connectivity index (χ1v) is 11.8.